The number of methoxy groups -OCH3 is 1. The van der Waals surface area contributed by atoms with Crippen molar-refractivity contribution in [3.63, 3.8) is 0 Å². The van der Waals surface area contributed by atoms with Crippen LogP contribution < -0.4 is 20.7 Å². The van der Waals surface area contributed by atoms with Gasteiger partial charge in [-0.15, -0.1) is 0 Å². The summed E-state index contributed by atoms with van der Waals surface area (Å²) in [5.74, 6) is 0.846. The molecule has 2 saturated heterocycles. The van der Waals surface area contributed by atoms with Crippen LogP contribution in [-0.2, 0) is 0 Å². The fraction of sp³-hybridized carbons (Fsp3) is 0.462. The first-order chi connectivity index (χ1) is 16.4. The third-order valence-corrected chi connectivity index (χ3v) is 7.37. The highest BCUT2D eigenvalue weighted by Gasteiger charge is 2.42. The van der Waals surface area contributed by atoms with E-state index in [-0.39, 0.29) is 29.2 Å². The lowest BCUT2D eigenvalue weighted by molar-refractivity contribution is 0.0922. The number of hydrogen-bond donors (Lipinski definition) is 2. The highest BCUT2D eigenvalue weighted by molar-refractivity contribution is 6.01. The van der Waals surface area contributed by atoms with Crippen LogP contribution >= 0.6 is 0 Å². The van der Waals surface area contributed by atoms with Gasteiger partial charge in [0.1, 0.15) is 11.6 Å². The van der Waals surface area contributed by atoms with E-state index >= 15 is 0 Å². The van der Waals surface area contributed by atoms with Crippen molar-refractivity contribution in [3.05, 3.63) is 52.7 Å². The smallest absolute Gasteiger partial charge is 0.252 e. The largest absolute Gasteiger partial charge is 0.496 e. The van der Waals surface area contributed by atoms with Crippen LogP contribution in [0.25, 0.3) is 0 Å². The number of anilines is 1. The minimum Gasteiger partial charge on any atom is -0.496 e. The maximum absolute atomic E-state index is 13.1. The Kier molecular flexibility index (Phi) is 5.75. The Morgan fingerprint density at radius 3 is 2.32 bits per heavy atom. The summed E-state index contributed by atoms with van der Waals surface area (Å²) in [6, 6.07) is 7.72. The average molecular weight is 463 g/mol. The summed E-state index contributed by atoms with van der Waals surface area (Å²) in [4.78, 5) is 44.0. The molecule has 1 aromatic heterocycles. The normalized spacial score (nSPS) is 23.5. The van der Waals surface area contributed by atoms with E-state index in [1.54, 1.807) is 25.3 Å². The van der Waals surface area contributed by atoms with Gasteiger partial charge in [0.25, 0.3) is 11.8 Å². The molecular weight excluding hydrogens is 432 g/mol. The van der Waals surface area contributed by atoms with Gasteiger partial charge in [-0.2, -0.15) is 0 Å². The summed E-state index contributed by atoms with van der Waals surface area (Å²) in [5, 5.41) is 3.19. The molecule has 0 radical (unpaired) electrons. The molecule has 3 atom stereocenters. The summed E-state index contributed by atoms with van der Waals surface area (Å²) in [6.45, 7) is 1.79. The fourth-order valence-corrected chi connectivity index (χ4v) is 5.49. The minimum atomic E-state index is -0.589. The second-order valence-corrected chi connectivity index (χ2v) is 9.71. The van der Waals surface area contributed by atoms with E-state index in [0.717, 1.165) is 44.3 Å². The fourth-order valence-electron chi connectivity index (χ4n) is 5.49. The zero-order valence-electron chi connectivity index (χ0n) is 19.5. The Balaban J connectivity index is 1.27. The highest BCUT2D eigenvalue weighted by atomic mass is 16.5. The summed E-state index contributed by atoms with van der Waals surface area (Å²) in [7, 11) is 1.45. The van der Waals surface area contributed by atoms with Crippen molar-refractivity contribution in [2.45, 2.75) is 63.6 Å². The molecular formula is C26H30N4O4. The zero-order valence-corrected chi connectivity index (χ0v) is 19.5. The molecule has 3 fully saturated rings. The van der Waals surface area contributed by atoms with Gasteiger partial charge in [-0.3, -0.25) is 14.4 Å². The Bertz CT molecular complexity index is 1130. The lowest BCUT2D eigenvalue weighted by atomic mass is 9.96. The summed E-state index contributed by atoms with van der Waals surface area (Å²) >= 11 is 0. The first kappa shape index (κ1) is 22.4. The van der Waals surface area contributed by atoms with Crippen LogP contribution in [0.15, 0.2) is 30.5 Å². The van der Waals surface area contributed by atoms with Crippen molar-refractivity contribution in [2.24, 2.45) is 11.7 Å². The number of primary amides is 1. The lowest BCUT2D eigenvalue weighted by Crippen LogP contribution is -2.50. The second kappa shape index (κ2) is 8.74. The van der Waals surface area contributed by atoms with Crippen molar-refractivity contribution >= 4 is 23.4 Å². The molecule has 2 bridgehead atoms. The van der Waals surface area contributed by atoms with E-state index in [4.69, 9.17) is 10.5 Å². The van der Waals surface area contributed by atoms with Gasteiger partial charge in [0, 0.05) is 41.4 Å². The Hall–Kier alpha value is -3.42. The van der Waals surface area contributed by atoms with Crippen molar-refractivity contribution in [1.29, 1.82) is 0 Å². The van der Waals surface area contributed by atoms with E-state index in [1.807, 2.05) is 12.1 Å². The number of piperidine rings is 1. The molecule has 5 rings (SSSR count). The van der Waals surface area contributed by atoms with Gasteiger partial charge in [0.2, 0.25) is 0 Å². The predicted molar refractivity (Wildman–Crippen MR) is 127 cm³/mol. The van der Waals surface area contributed by atoms with Crippen molar-refractivity contribution in [1.82, 2.24) is 10.3 Å². The minimum absolute atomic E-state index is 0.0539. The SMILES string of the molecule is COc1cc(C(=O)NC2C[C@H]3CC[C@@H](C2)N3c2ccc(C(=O)C3CC3)cn2)c(C)cc1C(N)=O. The number of nitrogens with zero attached hydrogens (tertiary/aromatic N) is 2. The molecule has 1 unspecified atom stereocenters. The number of Topliss-reactive ketones (excluding diaryl/α,β-unsaturated/α-hetero) is 1. The monoisotopic (exact) mass is 462 g/mol. The van der Waals surface area contributed by atoms with Gasteiger partial charge in [-0.1, -0.05) is 0 Å². The van der Waals surface area contributed by atoms with E-state index < -0.39 is 5.91 Å². The van der Waals surface area contributed by atoms with Crippen LogP contribution in [0, 0.1) is 12.8 Å². The number of ether oxygens (including phenoxy) is 1. The quantitative estimate of drug-likeness (QED) is 0.612. The van der Waals surface area contributed by atoms with Gasteiger partial charge in [0.05, 0.1) is 12.7 Å². The van der Waals surface area contributed by atoms with Crippen LogP contribution in [0.3, 0.4) is 0 Å². The summed E-state index contributed by atoms with van der Waals surface area (Å²) in [6.07, 6.45) is 7.49. The van der Waals surface area contributed by atoms with Crippen LogP contribution in [0.2, 0.25) is 0 Å². The summed E-state index contributed by atoms with van der Waals surface area (Å²) < 4.78 is 5.27. The molecule has 34 heavy (non-hydrogen) atoms. The molecule has 1 aliphatic carbocycles. The number of rotatable bonds is 7. The van der Waals surface area contributed by atoms with E-state index in [2.05, 4.69) is 15.2 Å². The summed E-state index contributed by atoms with van der Waals surface area (Å²) in [5.41, 5.74) is 7.55. The van der Waals surface area contributed by atoms with Crippen LogP contribution in [0.4, 0.5) is 5.82 Å². The van der Waals surface area contributed by atoms with Crippen LogP contribution in [-0.4, -0.2) is 47.8 Å². The van der Waals surface area contributed by atoms with Crippen molar-refractivity contribution in [2.75, 3.05) is 12.0 Å². The topological polar surface area (TPSA) is 115 Å². The predicted octanol–water partition coefficient (Wildman–Crippen LogP) is 3.02. The van der Waals surface area contributed by atoms with Gasteiger partial charge >= 0.3 is 0 Å². The first-order valence-corrected chi connectivity index (χ1v) is 11.9. The van der Waals surface area contributed by atoms with E-state index in [0.29, 0.717) is 34.5 Å². The first-order valence-electron chi connectivity index (χ1n) is 11.9. The number of carbonyl (C=O) groups is 3. The van der Waals surface area contributed by atoms with Crippen LogP contribution in [0.5, 0.6) is 5.75 Å². The molecule has 3 heterocycles. The molecule has 1 aromatic carbocycles. The molecule has 2 aliphatic heterocycles. The lowest BCUT2D eigenvalue weighted by Gasteiger charge is -2.40. The molecule has 3 N–H and O–H groups in total. The average Bonchev–Trinajstić information content (AvgIpc) is 3.63. The maximum Gasteiger partial charge on any atom is 0.252 e. The standard InChI is InChI=1S/C26H30N4O4/c1-14-9-21(25(27)32)22(34-2)12-20(14)26(33)29-17-10-18-6-7-19(11-17)30(18)23-8-5-16(13-28-23)24(31)15-3-4-15/h5,8-9,12-13,15,17-19H,3-4,6-7,10-11H2,1-2H3,(H2,27,32)(H,29,33)/t17?,18-,19+. The molecule has 2 amide bonds. The highest BCUT2D eigenvalue weighted by Crippen LogP contribution is 2.39. The Morgan fingerprint density at radius 1 is 1.06 bits per heavy atom. The van der Waals surface area contributed by atoms with Gasteiger partial charge in [-0.05, 0) is 75.3 Å². The molecule has 178 valence electrons. The van der Waals surface area contributed by atoms with Gasteiger partial charge in [-0.25, -0.2) is 4.98 Å². The van der Waals surface area contributed by atoms with Gasteiger partial charge < -0.3 is 20.7 Å². The van der Waals surface area contributed by atoms with Crippen molar-refractivity contribution < 1.29 is 19.1 Å². The number of aryl methyl sites for hydroxylation is 1. The number of pyridine rings is 1. The number of nitrogens with two attached hydrogens (primary N) is 1. The zero-order chi connectivity index (χ0) is 24.0. The molecule has 3 aliphatic rings. The van der Waals surface area contributed by atoms with Crippen LogP contribution in [0.1, 0.15) is 75.2 Å². The molecule has 8 heteroatoms. The molecule has 2 aromatic rings. The Morgan fingerprint density at radius 2 is 1.76 bits per heavy atom. The van der Waals surface area contributed by atoms with E-state index in [9.17, 15) is 14.4 Å². The number of ketones is 1. The molecule has 0 spiro atoms. The van der Waals surface area contributed by atoms with E-state index in [1.165, 1.54) is 7.11 Å². The molecule has 1 saturated carbocycles. The Labute approximate surface area is 198 Å². The third-order valence-electron chi connectivity index (χ3n) is 7.37. The van der Waals surface area contributed by atoms with Crippen molar-refractivity contribution in [3.8, 4) is 5.75 Å². The maximum atomic E-state index is 13.1. The number of nitrogens with one attached hydrogen (secondary N) is 1. The number of benzene rings is 1. The number of amides is 2. The number of aromatic nitrogens is 1. The number of carbonyl (C=O) groups excluding carboxylic acids is 3. The molecule has 8 nitrogen and oxygen atoms in total. The number of hydrogen-bond acceptors (Lipinski definition) is 6. The number of fused-ring (bicyclic) bond motifs is 2. The van der Waals surface area contributed by atoms with Gasteiger partial charge in [0.15, 0.2) is 5.78 Å². The third kappa shape index (κ3) is 4.13. The second-order valence-electron chi connectivity index (χ2n) is 9.71.